The van der Waals surface area contributed by atoms with Gasteiger partial charge in [-0.1, -0.05) is 50.6 Å². The molecule has 1 aromatic heterocycles. The third-order valence-electron chi connectivity index (χ3n) is 4.35. The van der Waals surface area contributed by atoms with Crippen LogP contribution in [0.25, 0.3) is 0 Å². The van der Waals surface area contributed by atoms with Crippen LogP contribution in [-0.2, 0) is 5.41 Å². The molecule has 0 aliphatic rings. The lowest BCUT2D eigenvalue weighted by atomic mass is 9.87. The van der Waals surface area contributed by atoms with Crippen LogP contribution in [-0.4, -0.2) is 10.8 Å². The first kappa shape index (κ1) is 20.4. The number of carbonyl (C=O) groups excluding carboxylic acids is 1. The Bertz CT molecular complexity index is 994. The molecule has 1 heterocycles. The van der Waals surface area contributed by atoms with E-state index in [-0.39, 0.29) is 11.2 Å². The van der Waals surface area contributed by atoms with Crippen LogP contribution in [0.1, 0.15) is 48.1 Å². The number of hydrogen-bond acceptors (Lipinski definition) is 4. The Morgan fingerprint density at radius 3 is 2.39 bits per heavy atom. The van der Waals surface area contributed by atoms with Gasteiger partial charge in [0.2, 0.25) is 5.78 Å². The number of aryl methyl sites for hydroxylation is 1. The van der Waals surface area contributed by atoms with E-state index in [2.05, 4.69) is 54.7 Å². The largest absolute Gasteiger partial charge is 0.325 e. The van der Waals surface area contributed by atoms with Crippen molar-refractivity contribution in [1.82, 2.24) is 4.98 Å². The zero-order chi connectivity index (χ0) is 20.3. The molecule has 5 heteroatoms. The van der Waals surface area contributed by atoms with Crippen LogP contribution in [0.2, 0.25) is 5.02 Å². The number of anilines is 1. The quantitative estimate of drug-likeness (QED) is 0.375. The van der Waals surface area contributed by atoms with Crippen LogP contribution in [0.3, 0.4) is 0 Å². The number of nitrogens with zero attached hydrogens (tertiary/aromatic N) is 1. The number of carbonyl (C=O) groups is 1. The van der Waals surface area contributed by atoms with Gasteiger partial charge in [-0.2, -0.15) is 0 Å². The average molecular weight is 411 g/mol. The van der Waals surface area contributed by atoms with Gasteiger partial charge in [0.05, 0.1) is 5.69 Å². The van der Waals surface area contributed by atoms with Gasteiger partial charge in [0, 0.05) is 21.2 Å². The number of rotatable bonds is 5. The highest BCUT2D eigenvalue weighted by molar-refractivity contribution is 8.00. The molecule has 3 rings (SSSR count). The highest BCUT2D eigenvalue weighted by atomic mass is 35.5. The minimum atomic E-state index is -0.155. The van der Waals surface area contributed by atoms with E-state index in [0.29, 0.717) is 22.0 Å². The standard InChI is InChI=1S/C23H23ClN2OS/c1-15-6-5-7-21(25-15)22(27)19-14-17(24)10-13-20(19)26-28-18-11-8-16(9-12-18)23(2,3)4/h5-14,26H,1-4H3. The Hall–Kier alpha value is -2.30. The third-order valence-corrected chi connectivity index (χ3v) is 5.41. The maximum absolute atomic E-state index is 13.0. The van der Waals surface area contributed by atoms with Gasteiger partial charge in [0.15, 0.2) is 0 Å². The molecule has 0 spiro atoms. The van der Waals surface area contributed by atoms with Crippen LogP contribution in [0.15, 0.2) is 65.6 Å². The number of benzene rings is 2. The van der Waals surface area contributed by atoms with E-state index in [4.69, 9.17) is 11.6 Å². The molecule has 0 radical (unpaired) electrons. The summed E-state index contributed by atoms with van der Waals surface area (Å²) in [6, 6.07) is 19.1. The highest BCUT2D eigenvalue weighted by Crippen LogP contribution is 2.29. The summed E-state index contributed by atoms with van der Waals surface area (Å²) in [5.41, 5.74) is 3.82. The van der Waals surface area contributed by atoms with Crippen LogP contribution >= 0.6 is 23.5 Å². The van der Waals surface area contributed by atoms with Crippen molar-refractivity contribution < 1.29 is 4.79 Å². The fraction of sp³-hybridized carbons (Fsp3) is 0.217. The van der Waals surface area contributed by atoms with Crippen molar-refractivity contribution in [2.45, 2.75) is 38.0 Å². The van der Waals surface area contributed by atoms with E-state index in [1.807, 2.05) is 25.1 Å². The second-order valence-electron chi connectivity index (χ2n) is 7.66. The topological polar surface area (TPSA) is 42.0 Å². The fourth-order valence-corrected chi connectivity index (χ4v) is 3.59. The molecule has 0 aliphatic carbocycles. The summed E-state index contributed by atoms with van der Waals surface area (Å²) >= 11 is 7.61. The molecule has 0 aliphatic heterocycles. The van der Waals surface area contributed by atoms with Gasteiger partial charge in [0.25, 0.3) is 0 Å². The normalized spacial score (nSPS) is 11.3. The average Bonchev–Trinajstić information content (AvgIpc) is 2.66. The summed E-state index contributed by atoms with van der Waals surface area (Å²) in [6.45, 7) is 8.44. The fourth-order valence-electron chi connectivity index (χ4n) is 2.74. The van der Waals surface area contributed by atoms with Gasteiger partial charge >= 0.3 is 0 Å². The number of nitrogens with one attached hydrogen (secondary N) is 1. The molecule has 0 saturated carbocycles. The molecule has 0 atom stereocenters. The minimum Gasteiger partial charge on any atom is -0.325 e. The molecule has 0 bridgehead atoms. The van der Waals surface area contributed by atoms with E-state index in [1.54, 1.807) is 18.2 Å². The van der Waals surface area contributed by atoms with Gasteiger partial charge < -0.3 is 4.72 Å². The van der Waals surface area contributed by atoms with Gasteiger partial charge in [-0.15, -0.1) is 0 Å². The maximum Gasteiger partial charge on any atom is 0.213 e. The molecule has 3 aromatic rings. The van der Waals surface area contributed by atoms with Gasteiger partial charge in [-0.05, 0) is 72.3 Å². The van der Waals surface area contributed by atoms with Crippen molar-refractivity contribution in [2.24, 2.45) is 0 Å². The van der Waals surface area contributed by atoms with E-state index >= 15 is 0 Å². The molecule has 144 valence electrons. The van der Waals surface area contributed by atoms with Crippen LogP contribution in [0.4, 0.5) is 5.69 Å². The minimum absolute atomic E-state index is 0.118. The molecule has 0 amide bonds. The molecular formula is C23H23ClN2OS. The Balaban J connectivity index is 1.82. The van der Waals surface area contributed by atoms with Crippen molar-refractivity contribution in [3.8, 4) is 0 Å². The zero-order valence-corrected chi connectivity index (χ0v) is 18.0. The Labute approximate surface area is 175 Å². The number of aromatic nitrogens is 1. The Kier molecular flexibility index (Phi) is 6.11. The predicted molar refractivity (Wildman–Crippen MR) is 118 cm³/mol. The lowest BCUT2D eigenvalue weighted by molar-refractivity contribution is 0.103. The number of hydrogen-bond donors (Lipinski definition) is 1. The van der Waals surface area contributed by atoms with E-state index in [9.17, 15) is 4.79 Å². The lowest BCUT2D eigenvalue weighted by Gasteiger charge is -2.19. The first-order chi connectivity index (χ1) is 13.2. The zero-order valence-electron chi connectivity index (χ0n) is 16.4. The van der Waals surface area contributed by atoms with E-state index < -0.39 is 0 Å². The molecule has 0 fully saturated rings. The third kappa shape index (κ3) is 4.94. The first-order valence-corrected chi connectivity index (χ1v) is 10.2. The summed E-state index contributed by atoms with van der Waals surface area (Å²) in [5.74, 6) is -0.155. The number of ketones is 1. The van der Waals surface area contributed by atoms with E-state index in [0.717, 1.165) is 10.6 Å². The van der Waals surface area contributed by atoms with Crippen LogP contribution in [0.5, 0.6) is 0 Å². The van der Waals surface area contributed by atoms with Crippen LogP contribution < -0.4 is 4.72 Å². The van der Waals surface area contributed by atoms with Crippen LogP contribution in [0, 0.1) is 6.92 Å². The van der Waals surface area contributed by atoms with Crippen molar-refractivity contribution >= 4 is 35.0 Å². The molecule has 1 N–H and O–H groups in total. The Morgan fingerprint density at radius 2 is 1.75 bits per heavy atom. The predicted octanol–water partition coefficient (Wildman–Crippen LogP) is 6.69. The first-order valence-electron chi connectivity index (χ1n) is 9.05. The summed E-state index contributed by atoms with van der Waals surface area (Å²) in [6.07, 6.45) is 0. The SMILES string of the molecule is Cc1cccc(C(=O)c2cc(Cl)ccc2NSc2ccc(C(C)(C)C)cc2)n1. The number of pyridine rings is 1. The maximum atomic E-state index is 13.0. The number of halogens is 1. The van der Waals surface area contributed by atoms with Crippen molar-refractivity contribution in [2.75, 3.05) is 4.72 Å². The van der Waals surface area contributed by atoms with E-state index in [1.165, 1.54) is 17.5 Å². The molecular weight excluding hydrogens is 388 g/mol. The Morgan fingerprint density at radius 1 is 1.04 bits per heavy atom. The highest BCUT2D eigenvalue weighted by Gasteiger charge is 2.17. The van der Waals surface area contributed by atoms with Crippen molar-refractivity contribution in [3.05, 3.63) is 88.2 Å². The lowest BCUT2D eigenvalue weighted by Crippen LogP contribution is -2.10. The second kappa shape index (κ2) is 8.38. The molecule has 28 heavy (non-hydrogen) atoms. The summed E-state index contributed by atoms with van der Waals surface area (Å²) in [7, 11) is 0. The van der Waals surface area contributed by atoms with Crippen molar-refractivity contribution in [3.63, 3.8) is 0 Å². The van der Waals surface area contributed by atoms with Gasteiger partial charge in [-0.25, -0.2) is 4.98 Å². The monoisotopic (exact) mass is 410 g/mol. The van der Waals surface area contributed by atoms with Gasteiger partial charge in [0.1, 0.15) is 5.69 Å². The molecule has 0 unspecified atom stereocenters. The van der Waals surface area contributed by atoms with Crippen molar-refractivity contribution in [1.29, 1.82) is 0 Å². The molecule has 2 aromatic carbocycles. The summed E-state index contributed by atoms with van der Waals surface area (Å²) < 4.78 is 3.29. The molecule has 3 nitrogen and oxygen atoms in total. The smallest absolute Gasteiger partial charge is 0.213 e. The second-order valence-corrected chi connectivity index (χ2v) is 8.98. The van der Waals surface area contributed by atoms with Gasteiger partial charge in [-0.3, -0.25) is 4.79 Å². The molecule has 0 saturated heterocycles. The summed E-state index contributed by atoms with van der Waals surface area (Å²) in [5, 5.41) is 0.515. The summed E-state index contributed by atoms with van der Waals surface area (Å²) in [4.78, 5) is 18.4.